The largest absolute Gasteiger partial charge is 0.391 e. The summed E-state index contributed by atoms with van der Waals surface area (Å²) in [5.41, 5.74) is 0.389. The molecule has 0 aliphatic heterocycles. The summed E-state index contributed by atoms with van der Waals surface area (Å²) in [6.45, 7) is 10.6. The predicted molar refractivity (Wildman–Crippen MR) is 82.5 cm³/mol. The van der Waals surface area contributed by atoms with Crippen molar-refractivity contribution in [1.82, 2.24) is 9.78 Å². The summed E-state index contributed by atoms with van der Waals surface area (Å²) in [6.07, 6.45) is 0.890. The van der Waals surface area contributed by atoms with Crippen LogP contribution in [0.5, 0.6) is 0 Å². The molecular formula is C14H26N4O3. The van der Waals surface area contributed by atoms with Crippen molar-refractivity contribution in [3.63, 3.8) is 0 Å². The van der Waals surface area contributed by atoms with Crippen molar-refractivity contribution in [2.75, 3.05) is 11.9 Å². The van der Waals surface area contributed by atoms with Gasteiger partial charge in [-0.05, 0) is 25.2 Å². The quantitative estimate of drug-likeness (QED) is 0.596. The fourth-order valence-corrected chi connectivity index (χ4v) is 2.33. The van der Waals surface area contributed by atoms with Crippen LogP contribution in [0.2, 0.25) is 0 Å². The molecule has 0 aliphatic carbocycles. The van der Waals surface area contributed by atoms with E-state index in [1.54, 1.807) is 11.6 Å². The normalized spacial score (nSPS) is 13.2. The van der Waals surface area contributed by atoms with Crippen molar-refractivity contribution >= 4 is 11.5 Å². The van der Waals surface area contributed by atoms with Gasteiger partial charge in [-0.15, -0.1) is 0 Å². The lowest BCUT2D eigenvalue weighted by Gasteiger charge is -2.22. The van der Waals surface area contributed by atoms with Gasteiger partial charge in [-0.2, -0.15) is 5.10 Å². The van der Waals surface area contributed by atoms with E-state index in [0.717, 1.165) is 6.42 Å². The lowest BCUT2D eigenvalue weighted by Crippen LogP contribution is -2.26. The predicted octanol–water partition coefficient (Wildman–Crippen LogP) is 2.72. The number of aromatic nitrogens is 2. The summed E-state index contributed by atoms with van der Waals surface area (Å²) >= 11 is 0. The van der Waals surface area contributed by atoms with E-state index >= 15 is 0 Å². The van der Waals surface area contributed by atoms with Crippen molar-refractivity contribution in [1.29, 1.82) is 0 Å². The SMILES string of the molecule is CCCn1nc(C)c([N+](=O)[O-])c1NCC(O)CC(C)(C)C. The Bertz CT molecular complexity index is 491. The van der Waals surface area contributed by atoms with Crippen molar-refractivity contribution in [2.45, 2.75) is 60.1 Å². The van der Waals surface area contributed by atoms with Crippen LogP contribution in [-0.4, -0.2) is 32.5 Å². The fourth-order valence-electron chi connectivity index (χ4n) is 2.33. The van der Waals surface area contributed by atoms with Gasteiger partial charge in [0.1, 0.15) is 5.69 Å². The molecule has 1 aromatic rings. The minimum absolute atomic E-state index is 0.00656. The second-order valence-electron chi connectivity index (χ2n) is 6.56. The molecule has 1 atom stereocenters. The average molecular weight is 298 g/mol. The Morgan fingerprint density at radius 1 is 1.48 bits per heavy atom. The maximum absolute atomic E-state index is 11.2. The van der Waals surface area contributed by atoms with Gasteiger partial charge in [0.05, 0.1) is 11.0 Å². The van der Waals surface area contributed by atoms with E-state index in [0.29, 0.717) is 24.5 Å². The van der Waals surface area contributed by atoms with E-state index in [9.17, 15) is 15.2 Å². The first-order chi connectivity index (χ1) is 9.65. The number of aliphatic hydroxyl groups excluding tert-OH is 1. The molecule has 0 fully saturated rings. The van der Waals surface area contributed by atoms with E-state index in [1.807, 2.05) is 27.7 Å². The molecule has 7 heteroatoms. The summed E-state index contributed by atoms with van der Waals surface area (Å²) in [7, 11) is 0. The van der Waals surface area contributed by atoms with E-state index in [4.69, 9.17) is 0 Å². The Morgan fingerprint density at radius 3 is 2.57 bits per heavy atom. The molecule has 120 valence electrons. The molecule has 7 nitrogen and oxygen atoms in total. The first-order valence-electron chi connectivity index (χ1n) is 7.29. The van der Waals surface area contributed by atoms with Crippen LogP contribution in [0, 0.1) is 22.5 Å². The molecule has 1 rings (SSSR count). The highest BCUT2D eigenvalue weighted by molar-refractivity contribution is 5.59. The summed E-state index contributed by atoms with van der Waals surface area (Å²) in [4.78, 5) is 10.8. The third-order valence-electron chi connectivity index (χ3n) is 3.07. The highest BCUT2D eigenvalue weighted by Crippen LogP contribution is 2.29. The number of anilines is 1. The van der Waals surface area contributed by atoms with Gasteiger partial charge in [-0.3, -0.25) is 10.1 Å². The molecular weight excluding hydrogens is 272 g/mol. The summed E-state index contributed by atoms with van der Waals surface area (Å²) < 4.78 is 1.61. The number of nitro groups is 1. The monoisotopic (exact) mass is 298 g/mol. The van der Waals surface area contributed by atoms with Crippen molar-refractivity contribution in [2.24, 2.45) is 5.41 Å². The van der Waals surface area contributed by atoms with Crippen molar-refractivity contribution in [3.8, 4) is 0 Å². The maximum Gasteiger partial charge on any atom is 0.333 e. The van der Waals surface area contributed by atoms with Crippen LogP contribution in [0.1, 0.15) is 46.2 Å². The maximum atomic E-state index is 11.2. The number of rotatable bonds is 7. The van der Waals surface area contributed by atoms with Gasteiger partial charge in [-0.25, -0.2) is 4.68 Å². The molecule has 1 aromatic heterocycles. The van der Waals surface area contributed by atoms with E-state index < -0.39 is 11.0 Å². The number of hydrogen-bond acceptors (Lipinski definition) is 5. The van der Waals surface area contributed by atoms with E-state index in [2.05, 4.69) is 10.4 Å². The summed E-state index contributed by atoms with van der Waals surface area (Å²) in [6, 6.07) is 0. The van der Waals surface area contributed by atoms with Gasteiger partial charge in [0.15, 0.2) is 0 Å². The average Bonchev–Trinajstić information content (AvgIpc) is 2.61. The second-order valence-corrected chi connectivity index (χ2v) is 6.56. The topological polar surface area (TPSA) is 93.2 Å². The van der Waals surface area contributed by atoms with Gasteiger partial charge in [0.25, 0.3) is 0 Å². The van der Waals surface area contributed by atoms with Crippen LogP contribution in [0.15, 0.2) is 0 Å². The molecule has 0 spiro atoms. The Morgan fingerprint density at radius 2 is 2.10 bits per heavy atom. The van der Waals surface area contributed by atoms with Crippen LogP contribution in [0.25, 0.3) is 0 Å². The molecule has 0 bridgehead atoms. The number of nitrogens with one attached hydrogen (secondary N) is 1. The van der Waals surface area contributed by atoms with Gasteiger partial charge in [-0.1, -0.05) is 27.7 Å². The van der Waals surface area contributed by atoms with Gasteiger partial charge in [0.2, 0.25) is 5.82 Å². The zero-order valence-corrected chi connectivity index (χ0v) is 13.5. The van der Waals surface area contributed by atoms with Crippen LogP contribution in [0.3, 0.4) is 0 Å². The lowest BCUT2D eigenvalue weighted by atomic mass is 9.89. The first-order valence-corrected chi connectivity index (χ1v) is 7.29. The van der Waals surface area contributed by atoms with E-state index in [-0.39, 0.29) is 17.6 Å². The Hall–Kier alpha value is -1.63. The number of aliphatic hydroxyl groups is 1. The van der Waals surface area contributed by atoms with Crippen LogP contribution >= 0.6 is 0 Å². The molecule has 1 unspecified atom stereocenters. The van der Waals surface area contributed by atoms with Crippen molar-refractivity contribution in [3.05, 3.63) is 15.8 Å². The molecule has 1 heterocycles. The second kappa shape index (κ2) is 6.89. The van der Waals surface area contributed by atoms with Gasteiger partial charge < -0.3 is 10.4 Å². The molecule has 2 N–H and O–H groups in total. The summed E-state index contributed by atoms with van der Waals surface area (Å²) in [5.74, 6) is 0.382. The van der Waals surface area contributed by atoms with Gasteiger partial charge >= 0.3 is 5.69 Å². The third-order valence-corrected chi connectivity index (χ3v) is 3.07. The van der Waals surface area contributed by atoms with E-state index in [1.165, 1.54) is 0 Å². The fraction of sp³-hybridized carbons (Fsp3) is 0.786. The molecule has 21 heavy (non-hydrogen) atoms. The van der Waals surface area contributed by atoms with Crippen LogP contribution in [0.4, 0.5) is 11.5 Å². The minimum Gasteiger partial charge on any atom is -0.391 e. The lowest BCUT2D eigenvalue weighted by molar-refractivity contribution is -0.384. The number of nitrogens with zero attached hydrogens (tertiary/aromatic N) is 3. The Balaban J connectivity index is 2.88. The highest BCUT2D eigenvalue weighted by Gasteiger charge is 2.26. The zero-order valence-electron chi connectivity index (χ0n) is 13.5. The molecule has 0 saturated heterocycles. The highest BCUT2D eigenvalue weighted by atomic mass is 16.6. The smallest absolute Gasteiger partial charge is 0.333 e. The number of hydrogen-bond donors (Lipinski definition) is 2. The first kappa shape index (κ1) is 17.4. The molecule has 0 saturated carbocycles. The van der Waals surface area contributed by atoms with Crippen LogP contribution in [-0.2, 0) is 6.54 Å². The minimum atomic E-state index is -0.560. The summed E-state index contributed by atoms with van der Waals surface area (Å²) in [5, 5.41) is 28.4. The van der Waals surface area contributed by atoms with Crippen molar-refractivity contribution < 1.29 is 10.0 Å². The number of aryl methyl sites for hydroxylation is 2. The molecule has 0 radical (unpaired) electrons. The standard InChI is InChI=1S/C14H26N4O3/c1-6-7-17-13(12(18(20)21)10(2)16-17)15-9-11(19)8-14(3,4)5/h11,15,19H,6-9H2,1-5H3. The zero-order chi connectivity index (χ0) is 16.2. The molecule has 0 amide bonds. The Kier molecular flexibility index (Phi) is 5.71. The third kappa shape index (κ3) is 5.00. The Labute approximate surface area is 125 Å². The molecule has 0 aromatic carbocycles. The van der Waals surface area contributed by atoms with Crippen LogP contribution < -0.4 is 5.32 Å². The molecule has 0 aliphatic rings. The van der Waals surface area contributed by atoms with Gasteiger partial charge in [0, 0.05) is 13.1 Å².